The number of likely N-dealkylation sites (tertiary alicyclic amines) is 1. The largest absolute Gasteiger partial charge is 0.458 e. The smallest absolute Gasteiger partial charge is 0.414 e. The zero-order valence-electron chi connectivity index (χ0n) is 33.9. The van der Waals surface area contributed by atoms with E-state index >= 15 is 0 Å². The zero-order valence-corrected chi connectivity index (χ0v) is 33.9. The van der Waals surface area contributed by atoms with E-state index in [-0.39, 0.29) is 24.8 Å². The van der Waals surface area contributed by atoms with Crippen molar-refractivity contribution in [2.45, 2.75) is 150 Å². The quantitative estimate of drug-likeness (QED) is 0.0686. The molecule has 1 saturated heterocycles. The molecule has 0 aromatic heterocycles. The van der Waals surface area contributed by atoms with E-state index in [4.69, 9.17) is 14.2 Å². The number of hydrogen-bond acceptors (Lipinski definition) is 10. The Kier molecular flexibility index (Phi) is 16.9. The summed E-state index contributed by atoms with van der Waals surface area (Å²) in [4.78, 5) is 84.8. The first kappa shape index (κ1) is 45.5. The first-order valence-corrected chi connectivity index (χ1v) is 18.7. The van der Waals surface area contributed by atoms with Crippen molar-refractivity contribution in [3.8, 4) is 0 Å². The molecule has 1 aromatic carbocycles. The van der Waals surface area contributed by atoms with Crippen LogP contribution in [-0.4, -0.2) is 94.8 Å². The van der Waals surface area contributed by atoms with Crippen LogP contribution in [0.5, 0.6) is 0 Å². The third kappa shape index (κ3) is 17.4. The highest BCUT2D eigenvalue weighted by molar-refractivity contribution is 6.01. The number of esters is 1. The van der Waals surface area contributed by atoms with Gasteiger partial charge in [0, 0.05) is 18.7 Å². The van der Waals surface area contributed by atoms with E-state index in [1.165, 1.54) is 4.90 Å². The standard InChI is InChI=1S/C39H62N6O9/c1-25(2)24-28(33(49)52-37(3,4)5)42-31(47)29-21-17-23-45(29)32(48)27(41-30(46)26-18-13-12-14-19-26)20-15-16-22-40-34(43-35(50)53-38(6,7)8)44-36(51)54-39(9,10)11/h12-14,18-19,25,27-29H,15-17,20-24H2,1-11H3,(H,41,46)(H,42,47)(H2,40,43,44,50,51)/t27-,28-,29-/m0/s1. The predicted molar refractivity (Wildman–Crippen MR) is 205 cm³/mol. The minimum atomic E-state index is -0.980. The lowest BCUT2D eigenvalue weighted by molar-refractivity contribution is -0.159. The summed E-state index contributed by atoms with van der Waals surface area (Å²) in [5.74, 6) is -1.94. The molecule has 5 amide bonds. The van der Waals surface area contributed by atoms with Crippen molar-refractivity contribution in [1.29, 1.82) is 0 Å². The molecule has 1 aromatic rings. The number of alkyl carbamates (subject to hydrolysis) is 2. The fourth-order valence-electron chi connectivity index (χ4n) is 5.48. The molecule has 302 valence electrons. The van der Waals surface area contributed by atoms with E-state index in [2.05, 4.69) is 26.3 Å². The number of rotatable bonds is 13. The van der Waals surface area contributed by atoms with Crippen molar-refractivity contribution in [2.75, 3.05) is 13.1 Å². The lowest BCUT2D eigenvalue weighted by atomic mass is 10.0. The van der Waals surface area contributed by atoms with E-state index in [0.717, 1.165) is 0 Å². The van der Waals surface area contributed by atoms with Crippen LogP contribution in [0.15, 0.2) is 35.3 Å². The van der Waals surface area contributed by atoms with Crippen molar-refractivity contribution in [3.05, 3.63) is 35.9 Å². The summed E-state index contributed by atoms with van der Waals surface area (Å²) in [6.07, 6.45) is 0.693. The van der Waals surface area contributed by atoms with Crippen LogP contribution in [-0.2, 0) is 28.6 Å². The van der Waals surface area contributed by atoms with E-state index in [1.807, 2.05) is 13.8 Å². The van der Waals surface area contributed by atoms with Crippen LogP contribution in [0.2, 0.25) is 0 Å². The fraction of sp³-hybridized carbons (Fsp3) is 0.667. The molecule has 4 N–H and O–H groups in total. The highest BCUT2D eigenvalue weighted by Gasteiger charge is 2.39. The summed E-state index contributed by atoms with van der Waals surface area (Å²) in [6.45, 7) is 19.8. The maximum Gasteiger partial charge on any atom is 0.414 e. The van der Waals surface area contributed by atoms with Crippen LogP contribution in [0.3, 0.4) is 0 Å². The summed E-state index contributed by atoms with van der Waals surface area (Å²) < 4.78 is 16.2. The molecular weight excluding hydrogens is 696 g/mol. The summed E-state index contributed by atoms with van der Waals surface area (Å²) in [7, 11) is 0. The molecule has 0 bridgehead atoms. The molecule has 15 nitrogen and oxygen atoms in total. The Bertz CT molecular complexity index is 1440. The Morgan fingerprint density at radius 3 is 1.85 bits per heavy atom. The Morgan fingerprint density at radius 1 is 0.778 bits per heavy atom. The number of benzene rings is 1. The maximum absolute atomic E-state index is 14.1. The highest BCUT2D eigenvalue weighted by Crippen LogP contribution is 2.22. The van der Waals surface area contributed by atoms with Gasteiger partial charge in [-0.2, -0.15) is 0 Å². The molecule has 1 aliphatic rings. The minimum absolute atomic E-state index is 0.0864. The van der Waals surface area contributed by atoms with E-state index in [1.54, 1.807) is 92.6 Å². The lowest BCUT2D eigenvalue weighted by Gasteiger charge is -2.31. The second-order valence-corrected chi connectivity index (χ2v) is 16.8. The molecule has 0 aliphatic carbocycles. The molecule has 0 unspecified atom stereocenters. The maximum atomic E-state index is 14.1. The van der Waals surface area contributed by atoms with Crippen molar-refractivity contribution < 1.29 is 43.0 Å². The zero-order chi connectivity index (χ0) is 40.9. The minimum Gasteiger partial charge on any atom is -0.458 e. The van der Waals surface area contributed by atoms with Gasteiger partial charge in [-0.15, -0.1) is 0 Å². The average Bonchev–Trinajstić information content (AvgIpc) is 3.51. The Balaban J connectivity index is 2.23. The van der Waals surface area contributed by atoms with Gasteiger partial charge in [-0.1, -0.05) is 32.0 Å². The van der Waals surface area contributed by atoms with E-state index in [0.29, 0.717) is 44.2 Å². The fourth-order valence-corrected chi connectivity index (χ4v) is 5.48. The first-order chi connectivity index (χ1) is 24.9. The van der Waals surface area contributed by atoms with Gasteiger partial charge in [-0.05, 0) is 119 Å². The van der Waals surface area contributed by atoms with Gasteiger partial charge in [0.25, 0.3) is 5.91 Å². The van der Waals surface area contributed by atoms with Crippen LogP contribution in [0.25, 0.3) is 0 Å². The number of guanidine groups is 1. The van der Waals surface area contributed by atoms with Crippen molar-refractivity contribution in [3.63, 3.8) is 0 Å². The van der Waals surface area contributed by atoms with Gasteiger partial charge in [0.2, 0.25) is 17.8 Å². The normalized spacial score (nSPS) is 15.7. The molecule has 54 heavy (non-hydrogen) atoms. The monoisotopic (exact) mass is 758 g/mol. The number of aliphatic imine (C=N–C) groups is 1. The topological polar surface area (TPSA) is 194 Å². The van der Waals surface area contributed by atoms with Crippen LogP contribution < -0.4 is 21.3 Å². The van der Waals surface area contributed by atoms with Gasteiger partial charge in [0.1, 0.15) is 34.9 Å². The summed E-state index contributed by atoms with van der Waals surface area (Å²) in [6, 6.07) is 5.79. The highest BCUT2D eigenvalue weighted by atomic mass is 16.6. The molecule has 0 spiro atoms. The summed E-state index contributed by atoms with van der Waals surface area (Å²) in [5, 5.41) is 10.6. The van der Waals surface area contributed by atoms with Crippen LogP contribution in [0, 0.1) is 5.92 Å². The van der Waals surface area contributed by atoms with Crippen LogP contribution in [0.4, 0.5) is 9.59 Å². The predicted octanol–water partition coefficient (Wildman–Crippen LogP) is 5.22. The number of unbranched alkanes of at least 4 members (excludes halogenated alkanes) is 1. The SMILES string of the molecule is CC(C)C[C@H](NC(=O)[C@@H]1CCCN1C(=O)[C@H](CCCCN=C(NC(=O)OC(C)(C)C)NC(=O)OC(C)(C)C)NC(=O)c1ccccc1)C(=O)OC(C)(C)C. The average molecular weight is 759 g/mol. The Labute approximate surface area is 320 Å². The molecule has 15 heteroatoms. The van der Waals surface area contributed by atoms with Gasteiger partial charge < -0.3 is 29.7 Å². The number of carbonyl (C=O) groups is 6. The molecule has 2 rings (SSSR count). The Hall–Kier alpha value is -4.69. The summed E-state index contributed by atoms with van der Waals surface area (Å²) >= 11 is 0. The van der Waals surface area contributed by atoms with Crippen LogP contribution >= 0.6 is 0 Å². The van der Waals surface area contributed by atoms with Gasteiger partial charge in [0.05, 0.1) is 0 Å². The van der Waals surface area contributed by atoms with Gasteiger partial charge >= 0.3 is 18.2 Å². The van der Waals surface area contributed by atoms with Gasteiger partial charge in [-0.25, -0.2) is 14.4 Å². The third-order valence-electron chi connectivity index (χ3n) is 7.60. The second-order valence-electron chi connectivity index (χ2n) is 16.8. The van der Waals surface area contributed by atoms with E-state index < -0.39 is 70.8 Å². The Morgan fingerprint density at radius 2 is 1.33 bits per heavy atom. The number of nitrogens with zero attached hydrogens (tertiary/aromatic N) is 2. The van der Waals surface area contributed by atoms with Gasteiger partial charge in [-0.3, -0.25) is 30.0 Å². The van der Waals surface area contributed by atoms with Crippen molar-refractivity contribution in [2.24, 2.45) is 10.9 Å². The number of amides is 5. The molecular formula is C39H62N6O9. The number of hydrogen-bond donors (Lipinski definition) is 4. The molecule has 1 aliphatic heterocycles. The number of carbonyl (C=O) groups excluding carboxylic acids is 6. The number of ether oxygens (including phenoxy) is 3. The molecule has 3 atom stereocenters. The second kappa shape index (κ2) is 20.1. The third-order valence-corrected chi connectivity index (χ3v) is 7.60. The first-order valence-electron chi connectivity index (χ1n) is 18.7. The van der Waals surface area contributed by atoms with Crippen molar-refractivity contribution >= 4 is 41.8 Å². The van der Waals surface area contributed by atoms with Gasteiger partial charge in [0.15, 0.2) is 0 Å². The van der Waals surface area contributed by atoms with Crippen LogP contribution in [0.1, 0.15) is 125 Å². The molecule has 1 heterocycles. The van der Waals surface area contributed by atoms with E-state index in [9.17, 15) is 28.8 Å². The number of nitrogens with one attached hydrogen (secondary N) is 4. The summed E-state index contributed by atoms with van der Waals surface area (Å²) in [5.41, 5.74) is -1.96. The molecule has 0 radical (unpaired) electrons. The molecule has 1 fully saturated rings. The lowest BCUT2D eigenvalue weighted by Crippen LogP contribution is -2.55. The van der Waals surface area contributed by atoms with Crippen molar-refractivity contribution in [1.82, 2.24) is 26.2 Å². The molecule has 0 saturated carbocycles.